The van der Waals surface area contributed by atoms with Crippen LogP contribution in [0, 0.1) is 0 Å². The quantitative estimate of drug-likeness (QED) is 0.784. The molecule has 0 aliphatic heterocycles. The molecule has 0 unspecified atom stereocenters. The average molecular weight is 313 g/mol. The van der Waals surface area contributed by atoms with Gasteiger partial charge < -0.3 is 10.2 Å². The number of nitrogens with one attached hydrogen (secondary N) is 1. The molecule has 1 amide bonds. The van der Waals surface area contributed by atoms with Crippen LogP contribution >= 0.6 is 15.9 Å². The number of benzene rings is 1. The van der Waals surface area contributed by atoms with Gasteiger partial charge in [0.2, 0.25) is 5.91 Å². The molecule has 0 spiro atoms. The molecule has 1 N–H and O–H groups in total. The third-order valence-corrected chi connectivity index (χ3v) is 3.36. The molecule has 100 valence electrons. The molecule has 3 nitrogen and oxygen atoms in total. The van der Waals surface area contributed by atoms with Crippen molar-refractivity contribution in [2.45, 2.75) is 19.3 Å². The fraction of sp³-hybridized carbons (Fsp3) is 0.500. The second-order valence-corrected chi connectivity index (χ2v) is 5.32. The summed E-state index contributed by atoms with van der Waals surface area (Å²) in [7, 11) is 3.78. The van der Waals surface area contributed by atoms with Crippen LogP contribution in [0.25, 0.3) is 0 Å². The van der Waals surface area contributed by atoms with E-state index in [4.69, 9.17) is 0 Å². The van der Waals surface area contributed by atoms with Crippen LogP contribution in [0.4, 0.5) is 0 Å². The Balaban J connectivity index is 2.32. The Kier molecular flexibility index (Phi) is 6.98. The van der Waals surface area contributed by atoms with Gasteiger partial charge in [-0.3, -0.25) is 4.79 Å². The topological polar surface area (TPSA) is 32.3 Å². The fourth-order valence-electron chi connectivity index (χ4n) is 1.72. The molecule has 0 heterocycles. The molecule has 0 saturated carbocycles. The molecule has 0 aliphatic rings. The van der Waals surface area contributed by atoms with Gasteiger partial charge in [-0.15, -0.1) is 0 Å². The number of amides is 1. The Labute approximate surface area is 118 Å². The molecular weight excluding hydrogens is 292 g/mol. The van der Waals surface area contributed by atoms with Gasteiger partial charge in [-0.25, -0.2) is 0 Å². The van der Waals surface area contributed by atoms with Crippen LogP contribution in [0.15, 0.2) is 28.7 Å². The third kappa shape index (κ3) is 5.65. The average Bonchev–Trinajstić information content (AvgIpc) is 2.36. The van der Waals surface area contributed by atoms with Crippen molar-refractivity contribution in [2.75, 3.05) is 27.2 Å². The highest BCUT2D eigenvalue weighted by molar-refractivity contribution is 9.10. The van der Waals surface area contributed by atoms with Crippen LogP contribution in [-0.2, 0) is 11.2 Å². The number of nitrogens with zero attached hydrogens (tertiary/aromatic N) is 1. The van der Waals surface area contributed by atoms with Crippen LogP contribution in [-0.4, -0.2) is 38.0 Å². The zero-order valence-electron chi connectivity index (χ0n) is 11.1. The molecule has 0 aromatic heterocycles. The molecule has 4 heteroatoms. The summed E-state index contributed by atoms with van der Waals surface area (Å²) in [4.78, 5) is 13.6. The Morgan fingerprint density at radius 3 is 2.89 bits per heavy atom. The minimum absolute atomic E-state index is 0.222. The molecule has 1 aromatic carbocycles. The summed E-state index contributed by atoms with van der Waals surface area (Å²) in [5, 5.41) is 3.05. The van der Waals surface area contributed by atoms with Gasteiger partial charge in [0, 0.05) is 24.5 Å². The van der Waals surface area contributed by atoms with E-state index in [0.29, 0.717) is 6.42 Å². The lowest BCUT2D eigenvalue weighted by Crippen LogP contribution is -2.29. The summed E-state index contributed by atoms with van der Waals surface area (Å²) in [6.45, 7) is 1.67. The minimum Gasteiger partial charge on any atom is -0.345 e. The molecule has 1 rings (SSSR count). The summed E-state index contributed by atoms with van der Waals surface area (Å²) in [6.07, 6.45) is 2.42. The molecular formula is C14H21BrN2O. The summed E-state index contributed by atoms with van der Waals surface area (Å²) in [6, 6.07) is 8.22. The largest absolute Gasteiger partial charge is 0.345 e. The zero-order valence-corrected chi connectivity index (χ0v) is 12.7. The number of hydrogen-bond donors (Lipinski definition) is 1. The number of halogens is 1. The highest BCUT2D eigenvalue weighted by Crippen LogP contribution is 2.12. The molecule has 1 aromatic rings. The lowest BCUT2D eigenvalue weighted by molar-refractivity contribution is -0.129. The second-order valence-electron chi connectivity index (χ2n) is 4.40. The Morgan fingerprint density at radius 2 is 2.22 bits per heavy atom. The summed E-state index contributed by atoms with van der Waals surface area (Å²) >= 11 is 3.45. The van der Waals surface area contributed by atoms with Crippen molar-refractivity contribution in [3.63, 3.8) is 0 Å². The smallest absolute Gasteiger partial charge is 0.222 e. The van der Waals surface area contributed by atoms with Crippen molar-refractivity contribution in [1.82, 2.24) is 10.2 Å². The lowest BCUT2D eigenvalue weighted by Gasteiger charge is -2.17. The van der Waals surface area contributed by atoms with Crippen molar-refractivity contribution in [3.8, 4) is 0 Å². The van der Waals surface area contributed by atoms with E-state index in [2.05, 4.69) is 33.4 Å². The van der Waals surface area contributed by atoms with Crippen LogP contribution in [0.2, 0.25) is 0 Å². The first-order chi connectivity index (χ1) is 8.63. The molecule has 0 atom stereocenters. The predicted molar refractivity (Wildman–Crippen MR) is 78.6 cm³/mol. The SMILES string of the molecule is CNCCCC(=O)N(C)CCc1cccc(Br)c1. The van der Waals surface area contributed by atoms with Crippen LogP contribution < -0.4 is 5.32 Å². The van der Waals surface area contributed by atoms with E-state index in [1.807, 2.05) is 31.1 Å². The highest BCUT2D eigenvalue weighted by Gasteiger charge is 2.07. The van der Waals surface area contributed by atoms with Gasteiger partial charge >= 0.3 is 0 Å². The monoisotopic (exact) mass is 312 g/mol. The van der Waals surface area contributed by atoms with Crippen LogP contribution in [0.5, 0.6) is 0 Å². The van der Waals surface area contributed by atoms with Gasteiger partial charge in [0.25, 0.3) is 0 Å². The number of hydrogen-bond acceptors (Lipinski definition) is 2. The van der Waals surface area contributed by atoms with Crippen molar-refractivity contribution < 1.29 is 4.79 Å². The third-order valence-electron chi connectivity index (χ3n) is 2.87. The van der Waals surface area contributed by atoms with E-state index in [-0.39, 0.29) is 5.91 Å². The van der Waals surface area contributed by atoms with Gasteiger partial charge in [0.1, 0.15) is 0 Å². The number of likely N-dealkylation sites (N-methyl/N-ethyl adjacent to an activating group) is 1. The van der Waals surface area contributed by atoms with Gasteiger partial charge in [-0.1, -0.05) is 28.1 Å². The summed E-state index contributed by atoms with van der Waals surface area (Å²) in [5.41, 5.74) is 1.25. The first-order valence-corrected chi connectivity index (χ1v) is 7.06. The molecule has 0 bridgehead atoms. The molecule has 0 aliphatic carbocycles. The van der Waals surface area contributed by atoms with Crippen LogP contribution in [0.1, 0.15) is 18.4 Å². The number of carbonyl (C=O) groups is 1. The van der Waals surface area contributed by atoms with Crippen molar-refractivity contribution in [1.29, 1.82) is 0 Å². The first kappa shape index (κ1) is 15.2. The van der Waals surface area contributed by atoms with E-state index >= 15 is 0 Å². The maximum absolute atomic E-state index is 11.8. The van der Waals surface area contributed by atoms with Gasteiger partial charge in [-0.2, -0.15) is 0 Å². The first-order valence-electron chi connectivity index (χ1n) is 6.26. The van der Waals surface area contributed by atoms with E-state index in [0.717, 1.165) is 30.4 Å². The van der Waals surface area contributed by atoms with E-state index in [1.54, 1.807) is 0 Å². The second kappa shape index (κ2) is 8.27. The zero-order chi connectivity index (χ0) is 13.4. The molecule has 0 radical (unpaired) electrons. The summed E-state index contributed by atoms with van der Waals surface area (Å²) in [5.74, 6) is 0.222. The number of rotatable bonds is 7. The highest BCUT2D eigenvalue weighted by atomic mass is 79.9. The van der Waals surface area contributed by atoms with E-state index in [9.17, 15) is 4.79 Å². The van der Waals surface area contributed by atoms with Crippen molar-refractivity contribution in [3.05, 3.63) is 34.3 Å². The summed E-state index contributed by atoms with van der Waals surface area (Å²) < 4.78 is 1.09. The predicted octanol–water partition coefficient (Wildman–Crippen LogP) is 2.45. The molecule has 18 heavy (non-hydrogen) atoms. The normalized spacial score (nSPS) is 10.4. The van der Waals surface area contributed by atoms with Crippen molar-refractivity contribution >= 4 is 21.8 Å². The van der Waals surface area contributed by atoms with Gasteiger partial charge in [-0.05, 0) is 44.1 Å². The molecule has 0 saturated heterocycles. The van der Waals surface area contributed by atoms with Crippen molar-refractivity contribution in [2.24, 2.45) is 0 Å². The molecule has 0 fully saturated rings. The Morgan fingerprint density at radius 1 is 1.44 bits per heavy atom. The van der Waals surface area contributed by atoms with Gasteiger partial charge in [0.15, 0.2) is 0 Å². The fourth-order valence-corrected chi connectivity index (χ4v) is 2.17. The standard InChI is InChI=1S/C14H21BrN2O/c1-16-9-4-7-14(18)17(2)10-8-12-5-3-6-13(15)11-12/h3,5-6,11,16H,4,7-10H2,1-2H3. The Bertz CT molecular complexity index is 382. The lowest BCUT2D eigenvalue weighted by atomic mass is 10.1. The maximum atomic E-state index is 11.8. The Hall–Kier alpha value is -0.870. The van der Waals surface area contributed by atoms with Crippen LogP contribution in [0.3, 0.4) is 0 Å². The number of carbonyl (C=O) groups excluding carboxylic acids is 1. The van der Waals surface area contributed by atoms with Gasteiger partial charge in [0.05, 0.1) is 0 Å². The minimum atomic E-state index is 0.222. The van der Waals surface area contributed by atoms with E-state index < -0.39 is 0 Å². The van der Waals surface area contributed by atoms with E-state index in [1.165, 1.54) is 5.56 Å². The maximum Gasteiger partial charge on any atom is 0.222 e.